The van der Waals surface area contributed by atoms with Gasteiger partial charge in [-0.05, 0) is 35.0 Å². The number of rotatable bonds is 8. The number of nitrogens with zero attached hydrogens (tertiary/aromatic N) is 2. The number of hydrazone groups is 1. The number of methoxy groups -OCH3 is 4. The fourth-order valence-corrected chi connectivity index (χ4v) is 3.70. The Hall–Kier alpha value is -4.53. The summed E-state index contributed by atoms with van der Waals surface area (Å²) < 4.78 is 21.6. The molecule has 0 aliphatic carbocycles. The summed E-state index contributed by atoms with van der Waals surface area (Å²) >= 11 is 0. The van der Waals surface area contributed by atoms with Crippen molar-refractivity contribution in [1.29, 1.82) is 0 Å². The minimum Gasteiger partial charge on any atom is -0.496 e. The van der Waals surface area contributed by atoms with Crippen molar-refractivity contribution in [3.8, 4) is 34.3 Å². The highest BCUT2D eigenvalue weighted by molar-refractivity contribution is 6.01. The molecule has 34 heavy (non-hydrogen) atoms. The van der Waals surface area contributed by atoms with Crippen molar-refractivity contribution in [3.63, 3.8) is 0 Å². The Labute approximate surface area is 196 Å². The van der Waals surface area contributed by atoms with Crippen molar-refractivity contribution in [2.45, 2.75) is 0 Å². The number of fused-ring (bicyclic) bond motifs is 1. The lowest BCUT2D eigenvalue weighted by Crippen LogP contribution is -2.18. The van der Waals surface area contributed by atoms with Crippen molar-refractivity contribution < 1.29 is 23.7 Å². The highest BCUT2D eigenvalue weighted by Gasteiger charge is 2.17. The van der Waals surface area contributed by atoms with Crippen LogP contribution < -0.4 is 24.4 Å². The largest absolute Gasteiger partial charge is 0.496 e. The van der Waals surface area contributed by atoms with E-state index in [0.717, 1.165) is 16.3 Å². The number of benzene rings is 3. The maximum Gasteiger partial charge on any atom is 0.289 e. The fraction of sp³-hybridized carbons (Fsp3) is 0.160. The molecule has 0 aliphatic rings. The molecule has 0 unspecified atom stereocenters. The molecule has 0 radical (unpaired) electrons. The molecule has 2 N–H and O–H groups in total. The molecule has 0 aliphatic heterocycles. The predicted octanol–water partition coefficient (Wildman–Crippen LogP) is 4.03. The normalized spacial score (nSPS) is 10.9. The molecule has 0 saturated carbocycles. The third-order valence-corrected chi connectivity index (χ3v) is 5.29. The zero-order chi connectivity index (χ0) is 24.1. The Kier molecular flexibility index (Phi) is 6.63. The molecule has 0 atom stereocenters. The lowest BCUT2D eigenvalue weighted by molar-refractivity contribution is 0.0950. The van der Waals surface area contributed by atoms with Crippen LogP contribution in [0.5, 0.6) is 23.0 Å². The van der Waals surface area contributed by atoms with E-state index in [9.17, 15) is 4.79 Å². The van der Waals surface area contributed by atoms with E-state index < -0.39 is 5.91 Å². The van der Waals surface area contributed by atoms with E-state index in [1.807, 2.05) is 36.4 Å². The summed E-state index contributed by atoms with van der Waals surface area (Å²) in [6.07, 6.45) is 1.46. The summed E-state index contributed by atoms with van der Waals surface area (Å²) in [6.45, 7) is 0. The van der Waals surface area contributed by atoms with Crippen LogP contribution >= 0.6 is 0 Å². The number of hydrogen-bond acceptors (Lipinski definition) is 7. The van der Waals surface area contributed by atoms with Gasteiger partial charge in [-0.3, -0.25) is 9.89 Å². The first-order chi connectivity index (χ1) is 16.6. The average Bonchev–Trinajstić information content (AvgIpc) is 3.37. The summed E-state index contributed by atoms with van der Waals surface area (Å²) in [7, 11) is 6.17. The second-order valence-corrected chi connectivity index (χ2v) is 7.15. The first kappa shape index (κ1) is 22.7. The van der Waals surface area contributed by atoms with Crippen LogP contribution in [-0.4, -0.2) is 50.8 Å². The Morgan fingerprint density at radius 2 is 1.65 bits per heavy atom. The van der Waals surface area contributed by atoms with Crippen molar-refractivity contribution in [3.05, 3.63) is 65.9 Å². The van der Waals surface area contributed by atoms with E-state index in [2.05, 4.69) is 20.7 Å². The Morgan fingerprint density at radius 3 is 2.38 bits per heavy atom. The minimum absolute atomic E-state index is 0.251. The van der Waals surface area contributed by atoms with Crippen molar-refractivity contribution in [1.82, 2.24) is 15.6 Å². The van der Waals surface area contributed by atoms with Crippen LogP contribution in [0.1, 0.15) is 16.1 Å². The third kappa shape index (κ3) is 4.23. The van der Waals surface area contributed by atoms with Gasteiger partial charge in [0.15, 0.2) is 11.5 Å². The predicted molar refractivity (Wildman–Crippen MR) is 129 cm³/mol. The highest BCUT2D eigenvalue weighted by Crippen LogP contribution is 2.39. The number of ether oxygens (including phenoxy) is 4. The van der Waals surface area contributed by atoms with E-state index in [0.29, 0.717) is 34.3 Å². The van der Waals surface area contributed by atoms with Gasteiger partial charge in [-0.25, -0.2) is 5.43 Å². The van der Waals surface area contributed by atoms with Crippen LogP contribution in [0, 0.1) is 0 Å². The van der Waals surface area contributed by atoms with Gasteiger partial charge in [0.05, 0.1) is 45.9 Å². The highest BCUT2D eigenvalue weighted by atomic mass is 16.5. The van der Waals surface area contributed by atoms with Gasteiger partial charge in [-0.2, -0.15) is 10.2 Å². The summed E-state index contributed by atoms with van der Waals surface area (Å²) in [5.41, 5.74) is 4.74. The quantitative estimate of drug-likeness (QED) is 0.304. The van der Waals surface area contributed by atoms with Crippen molar-refractivity contribution >= 4 is 22.9 Å². The van der Waals surface area contributed by atoms with Gasteiger partial charge < -0.3 is 18.9 Å². The molecule has 4 rings (SSSR count). The molecular weight excluding hydrogens is 436 g/mol. The number of H-pyrrole nitrogens is 1. The Balaban J connectivity index is 1.57. The lowest BCUT2D eigenvalue weighted by Gasteiger charge is -2.13. The molecule has 0 spiro atoms. The number of amides is 1. The van der Waals surface area contributed by atoms with Crippen LogP contribution in [0.15, 0.2) is 59.7 Å². The van der Waals surface area contributed by atoms with E-state index in [-0.39, 0.29) is 5.69 Å². The summed E-state index contributed by atoms with van der Waals surface area (Å²) in [6, 6.07) is 16.9. The van der Waals surface area contributed by atoms with E-state index in [1.165, 1.54) is 27.5 Å². The topological polar surface area (TPSA) is 107 Å². The minimum atomic E-state index is -0.450. The molecule has 1 amide bonds. The molecule has 9 heteroatoms. The maximum absolute atomic E-state index is 12.7. The van der Waals surface area contributed by atoms with Gasteiger partial charge in [0.1, 0.15) is 11.4 Å². The standard InChI is InChI=1S/C25H24N4O5/c1-31-20-11-9-15-7-5-6-8-17(15)22(20)18-13-19(28-27-18)25(30)29-26-14-16-10-12-21(32-2)24(34-4)23(16)33-3/h5-14H,1-4H3,(H,27,28)(H,29,30)/b26-14+. The smallest absolute Gasteiger partial charge is 0.289 e. The number of aromatic amines is 1. The first-order valence-electron chi connectivity index (χ1n) is 10.3. The summed E-state index contributed by atoms with van der Waals surface area (Å²) in [5, 5.41) is 13.2. The zero-order valence-electron chi connectivity index (χ0n) is 19.2. The zero-order valence-corrected chi connectivity index (χ0v) is 19.2. The van der Waals surface area contributed by atoms with Crippen molar-refractivity contribution in [2.24, 2.45) is 5.10 Å². The first-order valence-corrected chi connectivity index (χ1v) is 10.3. The summed E-state index contributed by atoms with van der Waals surface area (Å²) in [4.78, 5) is 12.7. The monoisotopic (exact) mass is 460 g/mol. The molecule has 1 heterocycles. The number of nitrogens with one attached hydrogen (secondary N) is 2. The van der Waals surface area contributed by atoms with Crippen LogP contribution in [0.2, 0.25) is 0 Å². The molecule has 4 aromatic rings. The van der Waals surface area contributed by atoms with E-state index in [1.54, 1.807) is 25.3 Å². The van der Waals surface area contributed by atoms with E-state index >= 15 is 0 Å². The molecule has 3 aromatic carbocycles. The summed E-state index contributed by atoms with van der Waals surface area (Å²) in [5.74, 6) is 1.60. The van der Waals surface area contributed by atoms with E-state index in [4.69, 9.17) is 18.9 Å². The molecular formula is C25H24N4O5. The van der Waals surface area contributed by atoms with Gasteiger partial charge in [0, 0.05) is 5.56 Å². The molecule has 0 fully saturated rings. The molecule has 0 bridgehead atoms. The van der Waals surface area contributed by atoms with Crippen LogP contribution in [0.4, 0.5) is 0 Å². The molecule has 174 valence electrons. The Bertz CT molecular complexity index is 1360. The number of carbonyl (C=O) groups is 1. The SMILES string of the molecule is COc1ccc(/C=N/NC(=O)c2cc(-c3c(OC)ccc4ccccc34)n[nH]2)c(OC)c1OC. The second kappa shape index (κ2) is 9.95. The van der Waals surface area contributed by atoms with Gasteiger partial charge in [-0.1, -0.05) is 30.3 Å². The lowest BCUT2D eigenvalue weighted by atomic mass is 10.0. The van der Waals surface area contributed by atoms with Gasteiger partial charge in [0.2, 0.25) is 5.75 Å². The number of carbonyl (C=O) groups excluding carboxylic acids is 1. The van der Waals surface area contributed by atoms with Gasteiger partial charge in [-0.15, -0.1) is 0 Å². The number of hydrogen-bond donors (Lipinski definition) is 2. The van der Waals surface area contributed by atoms with Crippen LogP contribution in [-0.2, 0) is 0 Å². The molecule has 9 nitrogen and oxygen atoms in total. The third-order valence-electron chi connectivity index (χ3n) is 5.29. The molecule has 0 saturated heterocycles. The molecule has 1 aromatic heterocycles. The average molecular weight is 460 g/mol. The van der Waals surface area contributed by atoms with Gasteiger partial charge >= 0.3 is 0 Å². The van der Waals surface area contributed by atoms with Crippen molar-refractivity contribution in [2.75, 3.05) is 28.4 Å². The Morgan fingerprint density at radius 1 is 0.912 bits per heavy atom. The maximum atomic E-state index is 12.7. The number of aromatic nitrogens is 2. The second-order valence-electron chi connectivity index (χ2n) is 7.15. The van der Waals surface area contributed by atoms with Crippen LogP contribution in [0.25, 0.3) is 22.0 Å². The fourth-order valence-electron chi connectivity index (χ4n) is 3.70. The van der Waals surface area contributed by atoms with Crippen LogP contribution in [0.3, 0.4) is 0 Å². The van der Waals surface area contributed by atoms with Gasteiger partial charge in [0.25, 0.3) is 5.91 Å².